The van der Waals surface area contributed by atoms with Crippen molar-refractivity contribution < 1.29 is 9.59 Å². The molecule has 1 aliphatic rings. The summed E-state index contributed by atoms with van der Waals surface area (Å²) in [6.07, 6.45) is 1.56. The number of carbonyl (C=O) groups is 2. The Labute approximate surface area is 145 Å². The Morgan fingerprint density at radius 3 is 2.56 bits per heavy atom. The number of imide groups is 1. The van der Waals surface area contributed by atoms with Gasteiger partial charge in [0.05, 0.1) is 22.5 Å². The Kier molecular flexibility index (Phi) is 3.22. The Bertz CT molecular complexity index is 1100. The molecule has 124 valence electrons. The van der Waals surface area contributed by atoms with Crippen molar-refractivity contribution in [2.45, 2.75) is 0 Å². The molecule has 25 heavy (non-hydrogen) atoms. The van der Waals surface area contributed by atoms with E-state index in [2.05, 4.69) is 15.5 Å². The quantitative estimate of drug-likeness (QED) is 0.599. The van der Waals surface area contributed by atoms with Gasteiger partial charge < -0.3 is 5.73 Å². The highest BCUT2D eigenvalue weighted by Gasteiger charge is 2.32. The fraction of sp³-hybridized carbons (Fsp3) is 0. The van der Waals surface area contributed by atoms with E-state index in [1.807, 2.05) is 0 Å². The van der Waals surface area contributed by atoms with E-state index in [9.17, 15) is 14.4 Å². The van der Waals surface area contributed by atoms with Crippen LogP contribution in [0.4, 0.5) is 5.82 Å². The van der Waals surface area contributed by atoms with Gasteiger partial charge in [0.25, 0.3) is 17.4 Å². The lowest BCUT2D eigenvalue weighted by Crippen LogP contribution is -2.24. The third kappa shape index (κ3) is 2.23. The molecule has 4 rings (SSSR count). The number of carbonyl (C=O) groups excluding carboxylic acids is 2. The molecule has 0 saturated carbocycles. The molecule has 9 heteroatoms. The molecule has 0 fully saturated rings. The lowest BCUT2D eigenvalue weighted by molar-refractivity contribution is 0.0880. The van der Waals surface area contributed by atoms with Crippen LogP contribution in [0, 0.1) is 0 Å². The van der Waals surface area contributed by atoms with Crippen molar-refractivity contribution in [1.82, 2.24) is 20.1 Å². The lowest BCUT2D eigenvalue weighted by atomic mass is 10.1. The molecule has 4 N–H and O–H groups in total. The average Bonchev–Trinajstić information content (AvgIpc) is 3.16. The number of halogens is 1. The van der Waals surface area contributed by atoms with E-state index in [-0.39, 0.29) is 16.9 Å². The molecule has 0 atom stereocenters. The Hall–Kier alpha value is -3.39. The standard InChI is InChI=1S/C16H10ClN5O3/c17-7-1-2-8(10-3-4-19-21-10)11(5-7)22-12(23)6-9-13(14(22)18)16(25)20-15(9)24/h1-6H,18H2,(H,19,21)(H,20,24,25). The third-order valence-electron chi connectivity index (χ3n) is 3.94. The van der Waals surface area contributed by atoms with Crippen LogP contribution in [-0.2, 0) is 0 Å². The van der Waals surface area contributed by atoms with Crippen LogP contribution in [0.25, 0.3) is 16.9 Å². The van der Waals surface area contributed by atoms with Gasteiger partial charge in [0.15, 0.2) is 0 Å². The minimum absolute atomic E-state index is 0.0277. The van der Waals surface area contributed by atoms with E-state index in [1.54, 1.807) is 30.5 Å². The molecule has 0 bridgehead atoms. The first kappa shape index (κ1) is 15.2. The summed E-state index contributed by atoms with van der Waals surface area (Å²) in [5.41, 5.74) is 7.08. The summed E-state index contributed by atoms with van der Waals surface area (Å²) in [7, 11) is 0. The summed E-state index contributed by atoms with van der Waals surface area (Å²) >= 11 is 6.09. The summed E-state index contributed by atoms with van der Waals surface area (Å²) < 4.78 is 1.15. The Morgan fingerprint density at radius 2 is 1.84 bits per heavy atom. The highest BCUT2D eigenvalue weighted by molar-refractivity contribution is 6.31. The predicted octanol–water partition coefficient (Wildman–Crippen LogP) is 1.35. The summed E-state index contributed by atoms with van der Waals surface area (Å²) in [6, 6.07) is 7.72. The Morgan fingerprint density at radius 1 is 1.04 bits per heavy atom. The monoisotopic (exact) mass is 355 g/mol. The molecular weight excluding hydrogens is 346 g/mol. The van der Waals surface area contributed by atoms with Gasteiger partial charge in [-0.3, -0.25) is 29.4 Å². The second kappa shape index (κ2) is 5.32. The van der Waals surface area contributed by atoms with Crippen LogP contribution in [0.1, 0.15) is 20.7 Å². The smallest absolute Gasteiger partial charge is 0.262 e. The molecule has 0 aliphatic carbocycles. The number of hydrogen-bond acceptors (Lipinski definition) is 5. The van der Waals surface area contributed by atoms with Gasteiger partial charge in [-0.15, -0.1) is 0 Å². The highest BCUT2D eigenvalue weighted by Crippen LogP contribution is 2.30. The first-order valence-electron chi connectivity index (χ1n) is 7.18. The normalized spacial score (nSPS) is 13.0. The van der Waals surface area contributed by atoms with Crippen molar-refractivity contribution >= 4 is 29.2 Å². The molecule has 0 saturated heterocycles. The van der Waals surface area contributed by atoms with Gasteiger partial charge in [0, 0.05) is 22.8 Å². The average molecular weight is 356 g/mol. The maximum absolute atomic E-state index is 12.6. The number of nitrogens with zero attached hydrogens (tertiary/aromatic N) is 2. The van der Waals surface area contributed by atoms with Crippen LogP contribution in [0.15, 0.2) is 41.3 Å². The molecule has 2 aromatic heterocycles. The van der Waals surface area contributed by atoms with Crippen molar-refractivity contribution in [3.8, 4) is 16.9 Å². The van der Waals surface area contributed by atoms with Crippen molar-refractivity contribution in [3.63, 3.8) is 0 Å². The van der Waals surface area contributed by atoms with Gasteiger partial charge in [-0.1, -0.05) is 11.6 Å². The molecular formula is C16H10ClN5O3. The molecule has 8 nitrogen and oxygen atoms in total. The van der Waals surface area contributed by atoms with Gasteiger partial charge >= 0.3 is 0 Å². The molecule has 0 spiro atoms. The number of anilines is 1. The predicted molar refractivity (Wildman–Crippen MR) is 90.8 cm³/mol. The van der Waals surface area contributed by atoms with E-state index >= 15 is 0 Å². The van der Waals surface area contributed by atoms with E-state index < -0.39 is 17.4 Å². The number of fused-ring (bicyclic) bond motifs is 1. The first-order valence-corrected chi connectivity index (χ1v) is 7.56. The highest BCUT2D eigenvalue weighted by atomic mass is 35.5. The van der Waals surface area contributed by atoms with Crippen molar-refractivity contribution in [3.05, 3.63) is 63.0 Å². The number of amides is 2. The number of benzene rings is 1. The zero-order valence-corrected chi connectivity index (χ0v) is 13.3. The summed E-state index contributed by atoms with van der Waals surface area (Å²) in [4.78, 5) is 36.4. The fourth-order valence-corrected chi connectivity index (χ4v) is 3.02. The summed E-state index contributed by atoms with van der Waals surface area (Å²) in [5.74, 6) is -1.42. The zero-order chi connectivity index (χ0) is 17.7. The van der Waals surface area contributed by atoms with Gasteiger partial charge in [0.2, 0.25) is 0 Å². The minimum Gasteiger partial charge on any atom is -0.384 e. The van der Waals surface area contributed by atoms with Gasteiger partial charge in [0.1, 0.15) is 5.82 Å². The molecule has 0 radical (unpaired) electrons. The van der Waals surface area contributed by atoms with Gasteiger partial charge in [-0.2, -0.15) is 5.10 Å². The van der Waals surface area contributed by atoms with E-state index in [4.69, 9.17) is 17.3 Å². The number of hydrogen-bond donors (Lipinski definition) is 3. The number of nitrogens with two attached hydrogens (primary N) is 1. The van der Waals surface area contributed by atoms with Gasteiger partial charge in [-0.25, -0.2) is 0 Å². The molecule has 3 heterocycles. The largest absolute Gasteiger partial charge is 0.384 e. The number of nitrogens with one attached hydrogen (secondary N) is 2. The number of nitrogen functional groups attached to an aromatic ring is 1. The summed E-state index contributed by atoms with van der Waals surface area (Å²) in [5, 5.41) is 9.21. The van der Waals surface area contributed by atoms with Gasteiger partial charge in [-0.05, 0) is 24.3 Å². The first-order chi connectivity index (χ1) is 12.0. The fourth-order valence-electron chi connectivity index (χ4n) is 2.85. The Balaban J connectivity index is 2.06. The molecule has 1 aromatic carbocycles. The van der Waals surface area contributed by atoms with Crippen LogP contribution >= 0.6 is 11.6 Å². The van der Waals surface area contributed by atoms with Crippen LogP contribution in [0.2, 0.25) is 5.02 Å². The van der Waals surface area contributed by atoms with E-state index in [1.165, 1.54) is 0 Å². The topological polar surface area (TPSA) is 123 Å². The molecule has 1 aliphatic heterocycles. The van der Waals surface area contributed by atoms with Crippen molar-refractivity contribution in [1.29, 1.82) is 0 Å². The number of pyridine rings is 1. The number of aromatic amines is 1. The zero-order valence-electron chi connectivity index (χ0n) is 12.5. The molecule has 0 unspecified atom stereocenters. The second-order valence-electron chi connectivity index (χ2n) is 5.41. The van der Waals surface area contributed by atoms with Crippen LogP contribution in [0.3, 0.4) is 0 Å². The van der Waals surface area contributed by atoms with E-state index in [0.29, 0.717) is 22.0 Å². The number of H-pyrrole nitrogens is 1. The van der Waals surface area contributed by atoms with Crippen molar-refractivity contribution in [2.24, 2.45) is 0 Å². The molecule has 2 amide bonds. The number of aromatic nitrogens is 3. The van der Waals surface area contributed by atoms with Crippen molar-refractivity contribution in [2.75, 3.05) is 5.73 Å². The van der Waals surface area contributed by atoms with Crippen LogP contribution in [0.5, 0.6) is 0 Å². The lowest BCUT2D eigenvalue weighted by Gasteiger charge is -2.15. The third-order valence-corrected chi connectivity index (χ3v) is 4.18. The summed E-state index contributed by atoms with van der Waals surface area (Å²) in [6.45, 7) is 0. The SMILES string of the molecule is Nc1c2c(cc(=O)n1-c1cc(Cl)ccc1-c1ccn[nH]1)C(=O)NC2=O. The second-order valence-corrected chi connectivity index (χ2v) is 5.84. The maximum atomic E-state index is 12.6. The van der Waals surface area contributed by atoms with E-state index in [0.717, 1.165) is 10.6 Å². The maximum Gasteiger partial charge on any atom is 0.262 e. The molecule has 3 aromatic rings. The minimum atomic E-state index is -0.643. The van der Waals surface area contributed by atoms with Crippen LogP contribution < -0.4 is 16.6 Å². The van der Waals surface area contributed by atoms with Crippen LogP contribution in [-0.4, -0.2) is 26.6 Å². The number of rotatable bonds is 2.